The van der Waals surface area contributed by atoms with Crippen LogP contribution in [-0.4, -0.2) is 61.0 Å². The van der Waals surface area contributed by atoms with Crippen LogP contribution in [0.2, 0.25) is 0 Å². The van der Waals surface area contributed by atoms with Crippen molar-refractivity contribution in [1.82, 2.24) is 19.4 Å². The molecule has 0 radical (unpaired) electrons. The van der Waals surface area contributed by atoms with E-state index >= 15 is 0 Å². The summed E-state index contributed by atoms with van der Waals surface area (Å²) in [7, 11) is -1.50. The molecule has 7 nitrogen and oxygen atoms in total. The van der Waals surface area contributed by atoms with Gasteiger partial charge in [0.25, 0.3) is 0 Å². The maximum Gasteiger partial charge on any atom is 0.243 e. The minimum absolute atomic E-state index is 0.0733. The van der Waals surface area contributed by atoms with Crippen molar-refractivity contribution < 1.29 is 13.5 Å². The van der Waals surface area contributed by atoms with Crippen LogP contribution in [0.5, 0.6) is 0 Å². The Labute approximate surface area is 120 Å². The van der Waals surface area contributed by atoms with Gasteiger partial charge in [-0.3, -0.25) is 4.68 Å². The zero-order valence-electron chi connectivity index (χ0n) is 12.3. The smallest absolute Gasteiger partial charge is 0.243 e. The lowest BCUT2D eigenvalue weighted by atomic mass is 10.3. The molecule has 0 saturated heterocycles. The molecule has 8 heteroatoms. The Bertz CT molecular complexity index is 499. The molecular weight excluding hydrogens is 280 g/mol. The van der Waals surface area contributed by atoms with E-state index in [4.69, 9.17) is 5.11 Å². The van der Waals surface area contributed by atoms with Crippen molar-refractivity contribution in [1.29, 1.82) is 0 Å². The average molecular weight is 304 g/mol. The van der Waals surface area contributed by atoms with Gasteiger partial charge in [-0.25, -0.2) is 13.1 Å². The molecule has 0 aliphatic rings. The highest BCUT2D eigenvalue weighted by molar-refractivity contribution is 7.89. The van der Waals surface area contributed by atoms with Gasteiger partial charge in [0.2, 0.25) is 10.0 Å². The van der Waals surface area contributed by atoms with Crippen molar-refractivity contribution in [3.8, 4) is 0 Å². The molecule has 1 aromatic heterocycles. The molecule has 20 heavy (non-hydrogen) atoms. The lowest BCUT2D eigenvalue weighted by Crippen LogP contribution is -2.31. The van der Waals surface area contributed by atoms with E-state index in [0.717, 1.165) is 13.0 Å². The molecule has 1 heterocycles. The van der Waals surface area contributed by atoms with Crippen molar-refractivity contribution in [2.75, 3.05) is 26.7 Å². The van der Waals surface area contributed by atoms with E-state index in [1.54, 1.807) is 0 Å². The second-order valence-electron chi connectivity index (χ2n) is 4.99. The van der Waals surface area contributed by atoms with Crippen molar-refractivity contribution in [3.63, 3.8) is 0 Å². The molecule has 1 rings (SSSR count). The van der Waals surface area contributed by atoms with E-state index < -0.39 is 10.0 Å². The Balaban J connectivity index is 2.45. The van der Waals surface area contributed by atoms with Gasteiger partial charge in [0.05, 0.1) is 19.3 Å². The number of aromatic nitrogens is 2. The third-order valence-corrected chi connectivity index (χ3v) is 4.53. The molecule has 0 aromatic carbocycles. The summed E-state index contributed by atoms with van der Waals surface area (Å²) >= 11 is 0. The fourth-order valence-electron chi connectivity index (χ4n) is 1.58. The van der Waals surface area contributed by atoms with Crippen molar-refractivity contribution in [3.05, 3.63) is 12.4 Å². The van der Waals surface area contributed by atoms with Crippen molar-refractivity contribution in [2.24, 2.45) is 0 Å². The molecule has 0 aliphatic heterocycles. The number of hydrogen-bond acceptors (Lipinski definition) is 5. The van der Waals surface area contributed by atoms with Gasteiger partial charge >= 0.3 is 0 Å². The SMILES string of the molecule is CC(C)N(C)CCCNS(=O)(=O)c1cnn(CCO)c1. The Morgan fingerprint density at radius 3 is 2.80 bits per heavy atom. The zero-order valence-corrected chi connectivity index (χ0v) is 13.1. The predicted octanol–water partition coefficient (Wildman–Crippen LogP) is -0.116. The number of nitrogens with zero attached hydrogens (tertiary/aromatic N) is 3. The topological polar surface area (TPSA) is 87.5 Å². The lowest BCUT2D eigenvalue weighted by Gasteiger charge is -2.20. The second-order valence-corrected chi connectivity index (χ2v) is 6.76. The molecule has 0 fully saturated rings. The maximum absolute atomic E-state index is 12.0. The second kappa shape index (κ2) is 7.72. The molecule has 116 valence electrons. The molecule has 0 spiro atoms. The molecule has 0 aliphatic carbocycles. The third-order valence-electron chi connectivity index (χ3n) is 3.11. The maximum atomic E-state index is 12.0. The van der Waals surface area contributed by atoms with E-state index in [9.17, 15) is 8.42 Å². The van der Waals surface area contributed by atoms with E-state index in [0.29, 0.717) is 12.6 Å². The van der Waals surface area contributed by atoms with Crippen LogP contribution in [0, 0.1) is 0 Å². The first-order chi connectivity index (χ1) is 9.36. The highest BCUT2D eigenvalue weighted by Gasteiger charge is 2.15. The summed E-state index contributed by atoms with van der Waals surface area (Å²) in [5, 5.41) is 12.7. The summed E-state index contributed by atoms with van der Waals surface area (Å²) in [5.74, 6) is 0. The summed E-state index contributed by atoms with van der Waals surface area (Å²) < 4.78 is 27.9. The molecule has 0 bridgehead atoms. The first-order valence-electron chi connectivity index (χ1n) is 6.70. The van der Waals surface area contributed by atoms with Gasteiger partial charge in [0.15, 0.2) is 0 Å². The summed E-state index contributed by atoms with van der Waals surface area (Å²) in [4.78, 5) is 2.29. The van der Waals surface area contributed by atoms with Gasteiger partial charge in [0.1, 0.15) is 4.90 Å². The van der Waals surface area contributed by atoms with Crippen LogP contribution in [0.1, 0.15) is 20.3 Å². The van der Waals surface area contributed by atoms with E-state index in [-0.39, 0.29) is 18.0 Å². The molecule has 0 unspecified atom stereocenters. The Morgan fingerprint density at radius 1 is 1.50 bits per heavy atom. The summed E-state index contributed by atoms with van der Waals surface area (Å²) in [6.07, 6.45) is 3.45. The van der Waals surface area contributed by atoms with E-state index in [1.165, 1.54) is 17.1 Å². The zero-order chi connectivity index (χ0) is 15.2. The summed E-state index contributed by atoms with van der Waals surface area (Å²) in [5.41, 5.74) is 0. The number of rotatable bonds is 9. The molecule has 0 saturated carbocycles. The number of hydrogen-bond donors (Lipinski definition) is 2. The normalized spacial score (nSPS) is 12.5. The van der Waals surface area contributed by atoms with Gasteiger partial charge in [-0.05, 0) is 33.9 Å². The highest BCUT2D eigenvalue weighted by Crippen LogP contribution is 2.06. The lowest BCUT2D eigenvalue weighted by molar-refractivity contribution is 0.269. The highest BCUT2D eigenvalue weighted by atomic mass is 32.2. The van der Waals surface area contributed by atoms with Crippen molar-refractivity contribution in [2.45, 2.75) is 37.8 Å². The molecule has 2 N–H and O–H groups in total. The van der Waals surface area contributed by atoms with Crippen LogP contribution in [0.25, 0.3) is 0 Å². The number of aliphatic hydroxyl groups is 1. The first-order valence-corrected chi connectivity index (χ1v) is 8.18. The van der Waals surface area contributed by atoms with Gasteiger partial charge in [-0.1, -0.05) is 0 Å². The van der Waals surface area contributed by atoms with Crippen LogP contribution in [0.4, 0.5) is 0 Å². The van der Waals surface area contributed by atoms with Gasteiger partial charge < -0.3 is 10.0 Å². The molecule has 0 amide bonds. The summed E-state index contributed by atoms with van der Waals surface area (Å²) in [6, 6.07) is 0.448. The third kappa shape index (κ3) is 5.20. The monoisotopic (exact) mass is 304 g/mol. The standard InChI is InChI=1S/C12H24N4O3S/c1-11(2)15(3)6-4-5-14-20(18,19)12-9-13-16(10-12)7-8-17/h9-11,14,17H,4-8H2,1-3H3. The number of aliphatic hydroxyl groups excluding tert-OH is 1. The quantitative estimate of drug-likeness (QED) is 0.621. The van der Waals surface area contributed by atoms with Gasteiger partial charge in [-0.2, -0.15) is 5.10 Å². The minimum atomic E-state index is -3.51. The fraction of sp³-hybridized carbons (Fsp3) is 0.750. The first kappa shape index (κ1) is 17.1. The number of sulfonamides is 1. The predicted molar refractivity (Wildman–Crippen MR) is 76.9 cm³/mol. The van der Waals surface area contributed by atoms with Crippen LogP contribution < -0.4 is 4.72 Å². The van der Waals surface area contributed by atoms with Crippen molar-refractivity contribution >= 4 is 10.0 Å². The number of nitrogens with one attached hydrogen (secondary N) is 1. The van der Waals surface area contributed by atoms with Crippen LogP contribution >= 0.6 is 0 Å². The molecule has 0 atom stereocenters. The van der Waals surface area contributed by atoms with Crippen LogP contribution in [0.15, 0.2) is 17.3 Å². The largest absolute Gasteiger partial charge is 0.394 e. The van der Waals surface area contributed by atoms with E-state index in [2.05, 4.69) is 28.6 Å². The minimum Gasteiger partial charge on any atom is -0.394 e. The Kier molecular flexibility index (Phi) is 6.60. The van der Waals surface area contributed by atoms with Crippen LogP contribution in [-0.2, 0) is 16.6 Å². The molecular formula is C12H24N4O3S. The Hall–Kier alpha value is -0.960. The fourth-order valence-corrected chi connectivity index (χ4v) is 2.61. The van der Waals surface area contributed by atoms with Crippen LogP contribution in [0.3, 0.4) is 0 Å². The van der Waals surface area contributed by atoms with E-state index in [1.807, 2.05) is 7.05 Å². The van der Waals surface area contributed by atoms with Gasteiger partial charge in [0, 0.05) is 18.8 Å². The average Bonchev–Trinajstić information content (AvgIpc) is 2.84. The summed E-state index contributed by atoms with van der Waals surface area (Å²) in [6.45, 7) is 5.64. The van der Waals surface area contributed by atoms with Gasteiger partial charge in [-0.15, -0.1) is 0 Å². The Morgan fingerprint density at radius 2 is 2.20 bits per heavy atom. The molecule has 1 aromatic rings.